The predicted octanol–water partition coefficient (Wildman–Crippen LogP) is 4.12. The van der Waals surface area contributed by atoms with Crippen molar-refractivity contribution in [3.8, 4) is 5.75 Å². The predicted molar refractivity (Wildman–Crippen MR) is 115 cm³/mol. The van der Waals surface area contributed by atoms with Gasteiger partial charge in [0.1, 0.15) is 18.0 Å². The van der Waals surface area contributed by atoms with Gasteiger partial charge in [0.05, 0.1) is 5.69 Å². The van der Waals surface area contributed by atoms with Crippen LogP contribution in [0.1, 0.15) is 23.0 Å². The SMILES string of the molecule is CC(=O)Nc1ccc(NC(=O)c2ccc(OCc3cn4ccccc4n3)cc2)cc1. The minimum atomic E-state index is -0.228. The largest absolute Gasteiger partial charge is 0.487 e. The fourth-order valence-electron chi connectivity index (χ4n) is 2.96. The summed E-state index contributed by atoms with van der Waals surface area (Å²) in [6, 6.07) is 19.7. The molecule has 0 saturated heterocycles. The van der Waals surface area contributed by atoms with E-state index < -0.39 is 0 Å². The summed E-state index contributed by atoms with van der Waals surface area (Å²) in [5.74, 6) is 0.285. The molecule has 2 amide bonds. The maximum Gasteiger partial charge on any atom is 0.255 e. The van der Waals surface area contributed by atoms with Crippen LogP contribution in [0.2, 0.25) is 0 Å². The van der Waals surface area contributed by atoms with Crippen molar-refractivity contribution in [1.29, 1.82) is 0 Å². The number of rotatable bonds is 6. The Morgan fingerprint density at radius 2 is 1.63 bits per heavy atom. The highest BCUT2D eigenvalue weighted by Gasteiger charge is 2.08. The van der Waals surface area contributed by atoms with E-state index in [1.54, 1.807) is 48.5 Å². The Morgan fingerprint density at radius 3 is 2.30 bits per heavy atom. The number of hydrogen-bond acceptors (Lipinski definition) is 4. The standard InChI is InChI=1S/C23H20N4O3/c1-16(28)24-18-7-9-19(10-8-18)26-23(29)17-5-11-21(12-6-17)30-15-20-14-27-13-3-2-4-22(27)25-20/h2-14H,15H2,1H3,(H,24,28)(H,26,29). The second kappa shape index (κ2) is 8.48. The topological polar surface area (TPSA) is 84.7 Å². The Labute approximate surface area is 173 Å². The third-order valence-electron chi connectivity index (χ3n) is 4.38. The second-order valence-corrected chi connectivity index (χ2v) is 6.72. The summed E-state index contributed by atoms with van der Waals surface area (Å²) in [5, 5.41) is 5.51. The first kappa shape index (κ1) is 19.2. The van der Waals surface area contributed by atoms with Gasteiger partial charge < -0.3 is 19.8 Å². The van der Waals surface area contributed by atoms with Crippen LogP contribution in [0.25, 0.3) is 5.65 Å². The van der Waals surface area contributed by atoms with Gasteiger partial charge in [-0.2, -0.15) is 0 Å². The lowest BCUT2D eigenvalue weighted by atomic mass is 10.2. The number of nitrogens with one attached hydrogen (secondary N) is 2. The number of imidazole rings is 1. The number of amides is 2. The minimum absolute atomic E-state index is 0.143. The molecule has 4 aromatic rings. The normalized spacial score (nSPS) is 10.6. The number of pyridine rings is 1. The van der Waals surface area contributed by atoms with Gasteiger partial charge >= 0.3 is 0 Å². The molecule has 0 fully saturated rings. The fraction of sp³-hybridized carbons (Fsp3) is 0.0870. The second-order valence-electron chi connectivity index (χ2n) is 6.72. The first-order valence-electron chi connectivity index (χ1n) is 9.41. The summed E-state index contributed by atoms with van der Waals surface area (Å²) in [4.78, 5) is 28.0. The van der Waals surface area contributed by atoms with Crippen LogP contribution >= 0.6 is 0 Å². The summed E-state index contributed by atoms with van der Waals surface area (Å²) in [6.07, 6.45) is 3.86. The first-order valence-corrected chi connectivity index (χ1v) is 9.41. The lowest BCUT2D eigenvalue weighted by Gasteiger charge is -2.08. The zero-order chi connectivity index (χ0) is 20.9. The number of aromatic nitrogens is 2. The molecular formula is C23H20N4O3. The number of anilines is 2. The van der Waals surface area contributed by atoms with E-state index in [-0.39, 0.29) is 11.8 Å². The number of carbonyl (C=O) groups is 2. The van der Waals surface area contributed by atoms with Gasteiger partial charge in [-0.1, -0.05) is 6.07 Å². The summed E-state index contributed by atoms with van der Waals surface area (Å²) < 4.78 is 7.72. The Morgan fingerprint density at radius 1 is 0.933 bits per heavy atom. The lowest BCUT2D eigenvalue weighted by molar-refractivity contribution is -0.114. The number of fused-ring (bicyclic) bond motifs is 1. The molecule has 2 heterocycles. The van der Waals surface area contributed by atoms with Gasteiger partial charge in [-0.3, -0.25) is 9.59 Å². The highest BCUT2D eigenvalue weighted by atomic mass is 16.5. The van der Waals surface area contributed by atoms with E-state index in [1.165, 1.54) is 6.92 Å². The number of hydrogen-bond donors (Lipinski definition) is 2. The third kappa shape index (κ3) is 4.64. The molecule has 0 spiro atoms. The van der Waals surface area contributed by atoms with Crippen molar-refractivity contribution in [2.24, 2.45) is 0 Å². The highest BCUT2D eigenvalue weighted by molar-refractivity contribution is 6.04. The lowest BCUT2D eigenvalue weighted by Crippen LogP contribution is -2.12. The van der Waals surface area contributed by atoms with Crippen LogP contribution in [-0.2, 0) is 11.4 Å². The molecule has 4 rings (SSSR count). The Bertz CT molecular complexity index is 1150. The number of carbonyl (C=O) groups excluding carboxylic acids is 2. The molecule has 0 aliphatic heterocycles. The summed E-state index contributed by atoms with van der Waals surface area (Å²) in [6.45, 7) is 1.79. The van der Waals surface area contributed by atoms with E-state index in [0.29, 0.717) is 29.3 Å². The number of nitrogens with zero attached hydrogens (tertiary/aromatic N) is 2. The van der Waals surface area contributed by atoms with E-state index in [4.69, 9.17) is 4.74 Å². The molecule has 0 unspecified atom stereocenters. The van der Waals surface area contributed by atoms with Gasteiger partial charge in [0.15, 0.2) is 0 Å². The quantitative estimate of drug-likeness (QED) is 0.510. The van der Waals surface area contributed by atoms with E-state index in [0.717, 1.165) is 11.3 Å². The molecule has 0 radical (unpaired) electrons. The van der Waals surface area contributed by atoms with E-state index in [9.17, 15) is 9.59 Å². The van der Waals surface area contributed by atoms with Crippen LogP contribution in [0.5, 0.6) is 5.75 Å². The molecule has 2 aromatic carbocycles. The molecule has 0 bridgehead atoms. The maximum atomic E-state index is 12.4. The third-order valence-corrected chi connectivity index (χ3v) is 4.38. The van der Waals surface area contributed by atoms with Gasteiger partial charge in [0.2, 0.25) is 5.91 Å². The van der Waals surface area contributed by atoms with Gasteiger partial charge in [0, 0.05) is 36.3 Å². The van der Waals surface area contributed by atoms with Crippen molar-refractivity contribution < 1.29 is 14.3 Å². The molecular weight excluding hydrogens is 380 g/mol. The van der Waals surface area contributed by atoms with Crippen molar-refractivity contribution in [3.63, 3.8) is 0 Å². The van der Waals surface area contributed by atoms with Crippen LogP contribution in [0.4, 0.5) is 11.4 Å². The average molecular weight is 400 g/mol. The maximum absolute atomic E-state index is 12.4. The molecule has 150 valence electrons. The molecule has 0 atom stereocenters. The number of benzene rings is 2. The molecule has 0 aliphatic rings. The average Bonchev–Trinajstić information content (AvgIpc) is 3.17. The fourth-order valence-corrected chi connectivity index (χ4v) is 2.96. The van der Waals surface area contributed by atoms with Gasteiger partial charge in [-0.05, 0) is 60.7 Å². The van der Waals surface area contributed by atoms with E-state index in [2.05, 4.69) is 15.6 Å². The van der Waals surface area contributed by atoms with Crippen LogP contribution in [0.3, 0.4) is 0 Å². The molecule has 2 N–H and O–H groups in total. The zero-order valence-corrected chi connectivity index (χ0v) is 16.3. The van der Waals surface area contributed by atoms with Crippen LogP contribution in [0.15, 0.2) is 79.1 Å². The first-order chi connectivity index (χ1) is 14.6. The molecule has 0 saturated carbocycles. The summed E-state index contributed by atoms with van der Waals surface area (Å²) in [7, 11) is 0. The minimum Gasteiger partial charge on any atom is -0.487 e. The summed E-state index contributed by atoms with van der Waals surface area (Å²) in [5.41, 5.74) is 3.52. The molecule has 2 aromatic heterocycles. The molecule has 30 heavy (non-hydrogen) atoms. The Kier molecular flexibility index (Phi) is 5.43. The van der Waals surface area contributed by atoms with Gasteiger partial charge in [-0.15, -0.1) is 0 Å². The zero-order valence-electron chi connectivity index (χ0n) is 16.3. The van der Waals surface area contributed by atoms with Crippen LogP contribution in [-0.4, -0.2) is 21.2 Å². The number of ether oxygens (including phenoxy) is 1. The van der Waals surface area contributed by atoms with E-state index in [1.807, 2.05) is 35.0 Å². The molecule has 7 nitrogen and oxygen atoms in total. The smallest absolute Gasteiger partial charge is 0.255 e. The van der Waals surface area contributed by atoms with Crippen LogP contribution < -0.4 is 15.4 Å². The van der Waals surface area contributed by atoms with E-state index >= 15 is 0 Å². The van der Waals surface area contributed by atoms with Crippen molar-refractivity contribution in [2.75, 3.05) is 10.6 Å². The van der Waals surface area contributed by atoms with Crippen molar-refractivity contribution in [2.45, 2.75) is 13.5 Å². The van der Waals surface area contributed by atoms with Crippen molar-refractivity contribution in [1.82, 2.24) is 9.38 Å². The monoisotopic (exact) mass is 400 g/mol. The van der Waals surface area contributed by atoms with Crippen molar-refractivity contribution >= 4 is 28.8 Å². The Balaban J connectivity index is 1.34. The van der Waals surface area contributed by atoms with Crippen LogP contribution in [0, 0.1) is 0 Å². The molecule has 7 heteroatoms. The summed E-state index contributed by atoms with van der Waals surface area (Å²) >= 11 is 0. The van der Waals surface area contributed by atoms with Crippen molar-refractivity contribution in [3.05, 3.63) is 90.4 Å². The molecule has 0 aliphatic carbocycles. The Hall–Kier alpha value is -4.13. The van der Waals surface area contributed by atoms with Gasteiger partial charge in [0.25, 0.3) is 5.91 Å². The van der Waals surface area contributed by atoms with Gasteiger partial charge in [-0.25, -0.2) is 4.98 Å². The highest BCUT2D eigenvalue weighted by Crippen LogP contribution is 2.17.